The number of rotatable bonds is 10. The number of nitrogens with one attached hydrogen (secondary N) is 3. The molecule has 5 heterocycles. The van der Waals surface area contributed by atoms with E-state index in [9.17, 15) is 23.6 Å². The lowest BCUT2D eigenvalue weighted by atomic mass is 9.83. The summed E-state index contributed by atoms with van der Waals surface area (Å²) in [5, 5.41) is 8.72. The highest BCUT2D eigenvalue weighted by Crippen LogP contribution is 2.33. The van der Waals surface area contributed by atoms with Crippen molar-refractivity contribution in [2.75, 3.05) is 54.8 Å². The van der Waals surface area contributed by atoms with E-state index in [1.807, 2.05) is 4.90 Å². The Morgan fingerprint density at radius 1 is 0.810 bits per heavy atom. The zero-order valence-corrected chi connectivity index (χ0v) is 32.4. The zero-order valence-electron chi connectivity index (χ0n) is 32.4. The van der Waals surface area contributed by atoms with Gasteiger partial charge in [-0.3, -0.25) is 34.0 Å². The number of anilines is 3. The number of likely N-dealkylation sites (tertiary alicyclic amines) is 1. The summed E-state index contributed by atoms with van der Waals surface area (Å²) in [5.74, 6) is -0.672. The standard InChI is InChI=1S/C43H49F2N9O4/c44-34-26-31(47-36-12-14-38(55)49-42(36)58)9-13-37(34)52-22-20-51(21-23-52)32-10-7-28(8-11-32)24-40(57)53-18-15-30(16-19-53)48-43-46-27-35(45)41(50-43)29-4-3-5-33(25-29)54-17-2-1-6-39(54)56/h1-6,9,13,17,25-28,30,32,36,47H,7-8,10-12,14-16,18-24H2,(H,46,48,50)(H,49,55,58). The average Bonchev–Trinajstić information content (AvgIpc) is 3.23. The summed E-state index contributed by atoms with van der Waals surface area (Å²) in [6.07, 6.45) is 9.62. The molecule has 3 N–H and O–H groups in total. The van der Waals surface area contributed by atoms with Crippen LogP contribution in [0, 0.1) is 17.6 Å². The first kappa shape index (κ1) is 39.1. The summed E-state index contributed by atoms with van der Waals surface area (Å²) in [4.78, 5) is 64.5. The third-order valence-electron chi connectivity index (χ3n) is 12.1. The van der Waals surface area contributed by atoms with Gasteiger partial charge in [-0.2, -0.15) is 0 Å². The molecule has 3 saturated heterocycles. The van der Waals surface area contributed by atoms with Crippen molar-refractivity contribution in [3.05, 3.63) is 95.0 Å². The Labute approximate surface area is 335 Å². The summed E-state index contributed by atoms with van der Waals surface area (Å²) in [5.41, 5.74) is 2.17. The van der Waals surface area contributed by atoms with Crippen LogP contribution >= 0.6 is 0 Å². The first-order valence-corrected chi connectivity index (χ1v) is 20.4. The van der Waals surface area contributed by atoms with Crippen molar-refractivity contribution in [1.82, 2.24) is 29.7 Å². The van der Waals surface area contributed by atoms with E-state index in [-0.39, 0.29) is 47.3 Å². The number of halogens is 2. The molecule has 1 atom stereocenters. The van der Waals surface area contributed by atoms with Crippen LogP contribution in [-0.4, -0.2) is 99.5 Å². The van der Waals surface area contributed by atoms with Crippen LogP contribution < -0.4 is 26.4 Å². The second kappa shape index (κ2) is 17.4. The summed E-state index contributed by atoms with van der Waals surface area (Å²) in [7, 11) is 0. The van der Waals surface area contributed by atoms with Gasteiger partial charge in [-0.25, -0.2) is 18.7 Å². The Bertz CT molecular complexity index is 2190. The molecular weight excluding hydrogens is 745 g/mol. The maximum Gasteiger partial charge on any atom is 0.255 e. The highest BCUT2D eigenvalue weighted by molar-refractivity contribution is 6.01. The van der Waals surface area contributed by atoms with E-state index in [2.05, 4.69) is 35.7 Å². The molecule has 13 nitrogen and oxygen atoms in total. The average molecular weight is 794 g/mol. The molecular formula is C43H49F2N9O4. The number of pyridine rings is 1. The number of hydrogen-bond acceptors (Lipinski definition) is 10. The molecule has 2 aromatic heterocycles. The van der Waals surface area contributed by atoms with E-state index in [1.165, 1.54) is 16.7 Å². The number of piperazine rings is 1. The van der Waals surface area contributed by atoms with Crippen molar-refractivity contribution in [2.24, 2.45) is 5.92 Å². The lowest BCUT2D eigenvalue weighted by molar-refractivity contribution is -0.134. The Hall–Kier alpha value is -5.70. The van der Waals surface area contributed by atoms with Gasteiger partial charge in [-0.1, -0.05) is 18.2 Å². The highest BCUT2D eigenvalue weighted by Gasteiger charge is 2.32. The SMILES string of the molecule is O=C1CCC(Nc2ccc(N3CCN(C4CCC(CC(=O)N5CCC(Nc6ncc(F)c(-c7cccc(-n8ccccc8=O)c7)n6)CC5)CC4)CC3)c(F)c2)C(=O)N1. The molecule has 0 radical (unpaired) electrons. The molecule has 15 heteroatoms. The minimum Gasteiger partial charge on any atom is -0.374 e. The van der Waals surface area contributed by atoms with Crippen molar-refractivity contribution < 1.29 is 23.2 Å². The lowest BCUT2D eigenvalue weighted by Crippen LogP contribution is -2.51. The fourth-order valence-electron chi connectivity index (χ4n) is 8.84. The van der Waals surface area contributed by atoms with Gasteiger partial charge in [0.1, 0.15) is 17.6 Å². The van der Waals surface area contributed by atoms with E-state index >= 15 is 4.39 Å². The predicted molar refractivity (Wildman–Crippen MR) is 217 cm³/mol. The van der Waals surface area contributed by atoms with Crippen LogP contribution in [0.2, 0.25) is 0 Å². The van der Waals surface area contributed by atoms with Crippen LogP contribution in [0.15, 0.2) is 77.9 Å². The molecule has 304 valence electrons. The molecule has 1 aliphatic carbocycles. The van der Waals surface area contributed by atoms with Crippen molar-refractivity contribution in [1.29, 1.82) is 0 Å². The van der Waals surface area contributed by atoms with Gasteiger partial charge in [0.25, 0.3) is 5.56 Å². The van der Waals surface area contributed by atoms with Crippen LogP contribution in [0.3, 0.4) is 0 Å². The third kappa shape index (κ3) is 9.04. The number of hydrogen-bond donors (Lipinski definition) is 3. The van der Waals surface area contributed by atoms with Gasteiger partial charge in [0.2, 0.25) is 23.7 Å². The second-order valence-corrected chi connectivity index (χ2v) is 15.9. The van der Waals surface area contributed by atoms with Gasteiger partial charge in [0.05, 0.1) is 11.9 Å². The molecule has 0 spiro atoms. The number of benzene rings is 2. The number of carbonyl (C=O) groups excluding carboxylic acids is 3. The first-order valence-electron chi connectivity index (χ1n) is 20.4. The quantitative estimate of drug-likeness (QED) is 0.189. The van der Waals surface area contributed by atoms with Crippen LogP contribution in [-0.2, 0) is 14.4 Å². The van der Waals surface area contributed by atoms with Crippen molar-refractivity contribution in [2.45, 2.75) is 75.9 Å². The molecule has 8 rings (SSSR count). The molecule has 4 aromatic rings. The molecule has 3 aliphatic heterocycles. The fourth-order valence-corrected chi connectivity index (χ4v) is 8.84. The molecule has 4 fully saturated rings. The Morgan fingerprint density at radius 3 is 2.34 bits per heavy atom. The maximum atomic E-state index is 15.2. The van der Waals surface area contributed by atoms with E-state index in [0.29, 0.717) is 66.5 Å². The van der Waals surface area contributed by atoms with Crippen molar-refractivity contribution in [3.8, 4) is 16.9 Å². The van der Waals surface area contributed by atoms with E-state index in [1.54, 1.807) is 54.7 Å². The Balaban J connectivity index is 0.760. The Kier molecular flexibility index (Phi) is 11.8. The normalized spacial score (nSPS) is 22.1. The van der Waals surface area contributed by atoms with Crippen molar-refractivity contribution >= 4 is 35.0 Å². The minimum absolute atomic E-state index is 0.0466. The number of amides is 3. The van der Waals surface area contributed by atoms with Crippen LogP contribution in [0.5, 0.6) is 0 Å². The summed E-state index contributed by atoms with van der Waals surface area (Å²) < 4.78 is 31.7. The van der Waals surface area contributed by atoms with Gasteiger partial charge in [0.15, 0.2) is 5.82 Å². The van der Waals surface area contributed by atoms with Crippen LogP contribution in [0.4, 0.5) is 26.1 Å². The minimum atomic E-state index is -0.560. The lowest BCUT2D eigenvalue weighted by Gasteiger charge is -2.43. The zero-order chi connectivity index (χ0) is 40.2. The molecule has 4 aliphatic rings. The van der Waals surface area contributed by atoms with Crippen LogP contribution in [0.1, 0.15) is 57.8 Å². The largest absolute Gasteiger partial charge is 0.374 e. The second-order valence-electron chi connectivity index (χ2n) is 15.9. The number of imide groups is 1. The number of nitrogens with zero attached hydrogens (tertiary/aromatic N) is 6. The highest BCUT2D eigenvalue weighted by atomic mass is 19.1. The van der Waals surface area contributed by atoms with Gasteiger partial charge >= 0.3 is 0 Å². The molecule has 3 amide bonds. The van der Waals surface area contributed by atoms with Gasteiger partial charge < -0.3 is 20.4 Å². The summed E-state index contributed by atoms with van der Waals surface area (Å²) in [6, 6.07) is 16.9. The number of aromatic nitrogens is 3. The van der Waals surface area contributed by atoms with Gasteiger partial charge in [-0.15, -0.1) is 0 Å². The van der Waals surface area contributed by atoms with Gasteiger partial charge in [-0.05, 0) is 87.3 Å². The Morgan fingerprint density at radius 2 is 1.60 bits per heavy atom. The van der Waals surface area contributed by atoms with Crippen molar-refractivity contribution in [3.63, 3.8) is 0 Å². The molecule has 2 aromatic carbocycles. The molecule has 0 bridgehead atoms. The maximum absolute atomic E-state index is 15.2. The van der Waals surface area contributed by atoms with E-state index < -0.39 is 11.9 Å². The third-order valence-corrected chi connectivity index (χ3v) is 12.1. The molecule has 1 unspecified atom stereocenters. The topological polar surface area (TPSA) is 145 Å². The number of piperidine rings is 2. The van der Waals surface area contributed by atoms with E-state index in [0.717, 1.165) is 70.9 Å². The first-order chi connectivity index (χ1) is 28.2. The smallest absolute Gasteiger partial charge is 0.255 e. The predicted octanol–water partition coefficient (Wildman–Crippen LogP) is 4.96. The molecule has 58 heavy (non-hydrogen) atoms. The number of carbonyl (C=O) groups is 3. The van der Waals surface area contributed by atoms with E-state index in [4.69, 9.17) is 0 Å². The fraction of sp³-hybridized carbons (Fsp3) is 0.442. The summed E-state index contributed by atoms with van der Waals surface area (Å²) >= 11 is 0. The monoisotopic (exact) mass is 793 g/mol. The summed E-state index contributed by atoms with van der Waals surface area (Å²) in [6.45, 7) is 4.42. The van der Waals surface area contributed by atoms with Crippen LogP contribution in [0.25, 0.3) is 16.9 Å². The molecule has 1 saturated carbocycles. The van der Waals surface area contributed by atoms with Gasteiger partial charge in [0, 0.05) is 93.4 Å².